The van der Waals surface area contributed by atoms with Gasteiger partial charge in [-0.1, -0.05) is 36.4 Å². The lowest BCUT2D eigenvalue weighted by molar-refractivity contribution is -0.125. The number of benzene rings is 2. The second kappa shape index (κ2) is 8.73. The van der Waals surface area contributed by atoms with E-state index in [1.165, 1.54) is 38.5 Å². The van der Waals surface area contributed by atoms with Gasteiger partial charge in [0.15, 0.2) is 0 Å². The van der Waals surface area contributed by atoms with E-state index < -0.39 is 0 Å². The van der Waals surface area contributed by atoms with Gasteiger partial charge >= 0.3 is 11.9 Å². The minimum absolute atomic E-state index is 0.224. The molecule has 4 aliphatic carbocycles. The highest BCUT2D eigenvalue weighted by atomic mass is 16.5. The second-order valence-electron chi connectivity index (χ2n) is 10.5. The highest BCUT2D eigenvalue weighted by Gasteiger charge is 2.57. The van der Waals surface area contributed by atoms with Crippen LogP contribution in [-0.4, -0.2) is 25.2 Å². The Morgan fingerprint density at radius 3 is 1.50 bits per heavy atom. The van der Waals surface area contributed by atoms with Crippen molar-refractivity contribution in [3.8, 4) is 0 Å². The number of hydrogen-bond donors (Lipinski definition) is 0. The van der Waals surface area contributed by atoms with Crippen molar-refractivity contribution in [3.63, 3.8) is 0 Å². The lowest BCUT2D eigenvalue weighted by Gasteiger charge is -2.62. The summed E-state index contributed by atoms with van der Waals surface area (Å²) in [4.78, 5) is 24.7. The van der Waals surface area contributed by atoms with Crippen LogP contribution < -0.4 is 0 Å². The normalized spacial score (nSPS) is 30.1. The van der Waals surface area contributed by atoms with Gasteiger partial charge in [-0.2, -0.15) is 0 Å². The summed E-state index contributed by atoms with van der Waals surface area (Å²) in [6.07, 6.45) is 9.47. The fraction of sp³-hybridized carbons (Fsp3) is 0.500. The van der Waals surface area contributed by atoms with Crippen molar-refractivity contribution >= 4 is 11.9 Å². The van der Waals surface area contributed by atoms with Crippen LogP contribution in [0.3, 0.4) is 0 Å². The molecule has 0 saturated heterocycles. The van der Waals surface area contributed by atoms with Gasteiger partial charge in [0.25, 0.3) is 0 Å². The summed E-state index contributed by atoms with van der Waals surface area (Å²) in [5, 5.41) is 0. The number of rotatable bonds is 8. The number of esters is 2. The molecule has 0 N–H and O–H groups in total. The molecule has 168 valence electrons. The Balaban J connectivity index is 1.17. The highest BCUT2D eigenvalue weighted by Crippen LogP contribution is 2.67. The maximum Gasteiger partial charge on any atom is 0.338 e. The molecule has 0 atom stereocenters. The summed E-state index contributed by atoms with van der Waals surface area (Å²) >= 11 is 0. The molecular formula is C28H32O4. The molecule has 0 spiro atoms. The minimum Gasteiger partial charge on any atom is -0.462 e. The molecule has 0 aliphatic heterocycles. The van der Waals surface area contributed by atoms with Crippen molar-refractivity contribution in [2.45, 2.75) is 51.4 Å². The monoisotopic (exact) mass is 432 g/mol. The number of ether oxygens (including phenoxy) is 2. The van der Waals surface area contributed by atoms with Gasteiger partial charge in [0.1, 0.15) is 0 Å². The zero-order valence-corrected chi connectivity index (χ0v) is 18.6. The predicted molar refractivity (Wildman–Crippen MR) is 122 cm³/mol. The van der Waals surface area contributed by atoms with Crippen LogP contribution in [0.25, 0.3) is 0 Å². The van der Waals surface area contributed by atoms with E-state index >= 15 is 0 Å². The van der Waals surface area contributed by atoms with Crippen LogP contribution in [0.15, 0.2) is 60.7 Å². The van der Waals surface area contributed by atoms with E-state index in [9.17, 15) is 9.59 Å². The molecule has 0 amide bonds. The van der Waals surface area contributed by atoms with E-state index in [2.05, 4.69) is 0 Å². The number of hydrogen-bond acceptors (Lipinski definition) is 4. The zero-order chi connectivity index (χ0) is 22.0. The third kappa shape index (κ3) is 4.46. The summed E-state index contributed by atoms with van der Waals surface area (Å²) in [6, 6.07) is 18.5. The molecule has 4 saturated carbocycles. The summed E-state index contributed by atoms with van der Waals surface area (Å²) in [5.74, 6) is 1.09. The largest absolute Gasteiger partial charge is 0.462 e. The molecule has 0 radical (unpaired) electrons. The number of carbonyl (C=O) groups excluding carboxylic acids is 2. The van der Waals surface area contributed by atoms with Crippen LogP contribution in [0.1, 0.15) is 72.1 Å². The van der Waals surface area contributed by atoms with Gasteiger partial charge in [-0.05, 0) is 98.3 Å². The van der Waals surface area contributed by atoms with Crippen molar-refractivity contribution in [2.24, 2.45) is 22.7 Å². The SMILES string of the molecule is O=C(OCCC12CC3CC(C1)CC(CCOC(=O)c1ccccc1)(C3)C2)c1ccccc1. The quantitative estimate of drug-likeness (QED) is 0.475. The first-order valence-electron chi connectivity index (χ1n) is 12.0. The Morgan fingerprint density at radius 2 is 1.09 bits per heavy atom. The van der Waals surface area contributed by atoms with Crippen LogP contribution in [0.4, 0.5) is 0 Å². The van der Waals surface area contributed by atoms with E-state index in [1.54, 1.807) is 24.3 Å². The average Bonchev–Trinajstić information content (AvgIpc) is 2.79. The fourth-order valence-electron chi connectivity index (χ4n) is 7.27. The van der Waals surface area contributed by atoms with Crippen LogP contribution in [0.2, 0.25) is 0 Å². The Morgan fingerprint density at radius 1 is 0.688 bits per heavy atom. The molecule has 6 rings (SSSR count). The van der Waals surface area contributed by atoms with Crippen molar-refractivity contribution in [1.29, 1.82) is 0 Å². The average molecular weight is 433 g/mol. The Bertz CT molecular complexity index is 862. The Labute approximate surface area is 190 Å². The third-order valence-electron chi connectivity index (χ3n) is 8.05. The Hall–Kier alpha value is -2.62. The van der Waals surface area contributed by atoms with E-state index in [1.807, 2.05) is 36.4 Å². The lowest BCUT2D eigenvalue weighted by atomic mass is 9.43. The molecular weight excluding hydrogens is 400 g/mol. The van der Waals surface area contributed by atoms with Gasteiger partial charge in [0.2, 0.25) is 0 Å². The third-order valence-corrected chi connectivity index (χ3v) is 8.05. The van der Waals surface area contributed by atoms with Gasteiger partial charge < -0.3 is 9.47 Å². The highest BCUT2D eigenvalue weighted by molar-refractivity contribution is 5.89. The van der Waals surface area contributed by atoms with Gasteiger partial charge in [-0.3, -0.25) is 0 Å². The van der Waals surface area contributed by atoms with Crippen LogP contribution in [-0.2, 0) is 9.47 Å². The number of carbonyl (C=O) groups is 2. The first-order valence-corrected chi connectivity index (χ1v) is 12.0. The molecule has 0 aromatic heterocycles. The van der Waals surface area contributed by atoms with Gasteiger partial charge in [0, 0.05) is 0 Å². The first-order chi connectivity index (χ1) is 15.5. The Kier molecular flexibility index (Phi) is 5.79. The second-order valence-corrected chi connectivity index (χ2v) is 10.5. The molecule has 0 unspecified atom stereocenters. The molecule has 4 fully saturated rings. The maximum absolute atomic E-state index is 12.3. The van der Waals surface area contributed by atoms with Gasteiger partial charge in [-0.25, -0.2) is 9.59 Å². The topological polar surface area (TPSA) is 52.6 Å². The summed E-state index contributed by atoms with van der Waals surface area (Å²) in [6.45, 7) is 0.985. The van der Waals surface area contributed by atoms with Crippen molar-refractivity contribution < 1.29 is 19.1 Å². The van der Waals surface area contributed by atoms with Crippen LogP contribution in [0.5, 0.6) is 0 Å². The molecule has 0 heterocycles. The van der Waals surface area contributed by atoms with E-state index in [0.29, 0.717) is 24.3 Å². The summed E-state index contributed by atoms with van der Waals surface area (Å²) < 4.78 is 11.3. The standard InChI is InChI=1S/C28H32O4/c29-25(23-7-3-1-4-8-23)31-13-11-27-16-21-15-22(17-27)19-28(18-21,20-27)12-14-32-26(30)24-9-5-2-6-10-24/h1-10,21-22H,11-20H2. The zero-order valence-electron chi connectivity index (χ0n) is 18.6. The molecule has 4 nitrogen and oxygen atoms in total. The van der Waals surface area contributed by atoms with Crippen LogP contribution in [0, 0.1) is 22.7 Å². The summed E-state index contributed by atoms with van der Waals surface area (Å²) in [7, 11) is 0. The molecule has 4 bridgehead atoms. The van der Waals surface area contributed by atoms with Crippen molar-refractivity contribution in [1.82, 2.24) is 0 Å². The molecule has 4 heteroatoms. The van der Waals surface area contributed by atoms with Crippen molar-refractivity contribution in [2.75, 3.05) is 13.2 Å². The molecule has 32 heavy (non-hydrogen) atoms. The molecule has 4 aliphatic rings. The van der Waals surface area contributed by atoms with Crippen molar-refractivity contribution in [3.05, 3.63) is 71.8 Å². The smallest absolute Gasteiger partial charge is 0.338 e. The fourth-order valence-corrected chi connectivity index (χ4v) is 7.27. The predicted octanol–water partition coefficient (Wildman–Crippen LogP) is 6.07. The minimum atomic E-state index is -0.224. The molecule has 2 aromatic rings. The molecule has 2 aromatic carbocycles. The lowest BCUT2D eigenvalue weighted by Crippen LogP contribution is -2.52. The summed E-state index contributed by atoms with van der Waals surface area (Å²) in [5.41, 5.74) is 1.80. The van der Waals surface area contributed by atoms with E-state index in [-0.39, 0.29) is 22.8 Å². The first kappa shape index (κ1) is 21.2. The van der Waals surface area contributed by atoms with E-state index in [4.69, 9.17) is 9.47 Å². The maximum atomic E-state index is 12.3. The van der Waals surface area contributed by atoms with E-state index in [0.717, 1.165) is 24.7 Å². The van der Waals surface area contributed by atoms with Gasteiger partial charge in [-0.15, -0.1) is 0 Å². The van der Waals surface area contributed by atoms with Gasteiger partial charge in [0.05, 0.1) is 24.3 Å². The van der Waals surface area contributed by atoms with Crippen LogP contribution >= 0.6 is 0 Å².